The lowest BCUT2D eigenvalue weighted by Gasteiger charge is -2.14. The highest BCUT2D eigenvalue weighted by Gasteiger charge is 2.24. The smallest absolute Gasteiger partial charge is 0.164 e. The normalized spacial score (nSPS) is 11.7. The van der Waals surface area contributed by atoms with E-state index in [2.05, 4.69) is 114 Å². The van der Waals surface area contributed by atoms with Gasteiger partial charge in [0.2, 0.25) is 0 Å². The third-order valence-corrected chi connectivity index (χ3v) is 10.5. The van der Waals surface area contributed by atoms with Crippen molar-refractivity contribution < 1.29 is 4.42 Å². The number of hydrogen-bond donors (Lipinski definition) is 0. The van der Waals surface area contributed by atoms with Crippen molar-refractivity contribution in [3.8, 4) is 51.0 Å². The molecule has 8 aromatic carbocycles. The van der Waals surface area contributed by atoms with Crippen LogP contribution in [0.4, 0.5) is 0 Å². The molecule has 11 rings (SSSR count). The fourth-order valence-electron chi connectivity index (χ4n) is 8.05. The second-order valence-corrected chi connectivity index (χ2v) is 13.6. The summed E-state index contributed by atoms with van der Waals surface area (Å²) in [6, 6.07) is 63.2. The molecule has 0 amide bonds. The summed E-state index contributed by atoms with van der Waals surface area (Å²) in [5.41, 5.74) is 9.84. The molecule has 0 N–H and O–H groups in total. The van der Waals surface area contributed by atoms with Gasteiger partial charge < -0.3 is 8.98 Å². The fraction of sp³-hybridized carbons (Fsp3) is 0. The largest absolute Gasteiger partial charge is 0.454 e. The molecule has 0 spiro atoms. The van der Waals surface area contributed by atoms with Gasteiger partial charge in [-0.1, -0.05) is 152 Å². The van der Waals surface area contributed by atoms with Crippen LogP contribution in [-0.2, 0) is 0 Å². The van der Waals surface area contributed by atoms with Crippen molar-refractivity contribution in [2.45, 2.75) is 0 Å². The molecule has 0 aliphatic heterocycles. The topological polar surface area (TPSA) is 56.7 Å². The highest BCUT2D eigenvalue weighted by atomic mass is 16.3. The van der Waals surface area contributed by atoms with E-state index in [4.69, 9.17) is 19.4 Å². The van der Waals surface area contributed by atoms with Crippen LogP contribution in [0.1, 0.15) is 0 Å². The van der Waals surface area contributed by atoms with Gasteiger partial charge in [-0.2, -0.15) is 0 Å². The third-order valence-electron chi connectivity index (χ3n) is 10.5. The van der Waals surface area contributed by atoms with Gasteiger partial charge in [0.25, 0.3) is 0 Å². The summed E-state index contributed by atoms with van der Waals surface area (Å²) in [6.45, 7) is 0. The minimum Gasteiger partial charge on any atom is -0.454 e. The maximum atomic E-state index is 6.91. The molecule has 5 heteroatoms. The summed E-state index contributed by atoms with van der Waals surface area (Å²) < 4.78 is 9.28. The highest BCUT2D eigenvalue weighted by molar-refractivity contribution is 6.25. The molecule has 0 radical (unpaired) electrons. The van der Waals surface area contributed by atoms with E-state index in [-0.39, 0.29) is 0 Å². The van der Waals surface area contributed by atoms with Crippen LogP contribution < -0.4 is 0 Å². The van der Waals surface area contributed by atoms with Crippen molar-refractivity contribution in [2.24, 2.45) is 0 Å². The Hall–Kier alpha value is -7.37. The number of aromatic nitrogens is 4. The Morgan fingerprint density at radius 3 is 1.59 bits per heavy atom. The predicted octanol–water partition coefficient (Wildman–Crippen LogP) is 12.7. The average Bonchev–Trinajstić information content (AvgIpc) is 3.80. The van der Waals surface area contributed by atoms with Gasteiger partial charge in [-0.15, -0.1) is 0 Å². The van der Waals surface area contributed by atoms with E-state index in [9.17, 15) is 0 Å². The van der Waals surface area contributed by atoms with Crippen molar-refractivity contribution in [3.63, 3.8) is 0 Å². The second-order valence-electron chi connectivity index (χ2n) is 13.6. The molecule has 0 aliphatic rings. The third kappa shape index (κ3) is 4.69. The number of hydrogen-bond acceptors (Lipinski definition) is 4. The summed E-state index contributed by atoms with van der Waals surface area (Å²) in [7, 11) is 0. The first kappa shape index (κ1) is 30.3. The van der Waals surface area contributed by atoms with Gasteiger partial charge >= 0.3 is 0 Å². The van der Waals surface area contributed by atoms with Crippen molar-refractivity contribution in [3.05, 3.63) is 182 Å². The molecule has 0 saturated heterocycles. The van der Waals surface area contributed by atoms with Gasteiger partial charge in [0.1, 0.15) is 5.58 Å². The molecule has 0 saturated carbocycles. The first-order valence-electron chi connectivity index (χ1n) is 18.1. The van der Waals surface area contributed by atoms with Crippen LogP contribution in [0.15, 0.2) is 186 Å². The number of benzene rings is 8. The van der Waals surface area contributed by atoms with E-state index in [1.54, 1.807) is 0 Å². The average molecular weight is 691 g/mol. The number of para-hydroxylation sites is 2. The molecule has 5 nitrogen and oxygen atoms in total. The molecule has 11 aromatic rings. The number of rotatable bonds is 5. The summed E-state index contributed by atoms with van der Waals surface area (Å²) in [6.07, 6.45) is 0. The minimum absolute atomic E-state index is 0.588. The standard InChI is InChI=1S/C49H30N4O/c1-4-16-31(17-5-1)39-30-42-44(35-23-11-10-22-34(35)39)36-24-12-14-26-40(36)53(42)41-29-28-38(45-37-25-13-15-27-43(37)54-46(41)45)49-51-47(32-18-6-2-7-19-32)50-48(52-49)33-20-8-3-9-21-33/h1-30H. The first-order valence-corrected chi connectivity index (χ1v) is 18.1. The minimum atomic E-state index is 0.588. The van der Waals surface area contributed by atoms with Gasteiger partial charge in [0, 0.05) is 38.2 Å². The summed E-state index contributed by atoms with van der Waals surface area (Å²) >= 11 is 0. The maximum absolute atomic E-state index is 6.91. The highest BCUT2D eigenvalue weighted by Crippen LogP contribution is 2.45. The Bertz CT molecular complexity index is 3140. The lowest BCUT2D eigenvalue weighted by molar-refractivity contribution is 0.666. The van der Waals surface area contributed by atoms with E-state index >= 15 is 0 Å². The predicted molar refractivity (Wildman–Crippen MR) is 221 cm³/mol. The molecular weight excluding hydrogens is 661 g/mol. The summed E-state index contributed by atoms with van der Waals surface area (Å²) in [4.78, 5) is 15.2. The van der Waals surface area contributed by atoms with Crippen LogP contribution in [0.2, 0.25) is 0 Å². The Labute approximate surface area is 310 Å². The van der Waals surface area contributed by atoms with Crippen LogP contribution >= 0.6 is 0 Å². The molecule has 0 unspecified atom stereocenters. The van der Waals surface area contributed by atoms with E-state index in [0.29, 0.717) is 17.5 Å². The molecule has 0 atom stereocenters. The van der Waals surface area contributed by atoms with Crippen LogP contribution in [0.5, 0.6) is 0 Å². The lowest BCUT2D eigenvalue weighted by Crippen LogP contribution is -2.01. The second kappa shape index (κ2) is 12.1. The number of fused-ring (bicyclic) bond motifs is 8. The molecule has 54 heavy (non-hydrogen) atoms. The first-order chi connectivity index (χ1) is 26.8. The molecular formula is C49H30N4O. The van der Waals surface area contributed by atoms with Gasteiger partial charge in [-0.25, -0.2) is 15.0 Å². The quantitative estimate of drug-likeness (QED) is 0.180. The number of nitrogens with zero attached hydrogens (tertiary/aromatic N) is 4. The molecule has 3 heterocycles. The van der Waals surface area contributed by atoms with Gasteiger partial charge in [0.05, 0.1) is 16.7 Å². The van der Waals surface area contributed by atoms with Crippen LogP contribution in [0, 0.1) is 0 Å². The zero-order valence-electron chi connectivity index (χ0n) is 29.0. The lowest BCUT2D eigenvalue weighted by atomic mass is 9.95. The summed E-state index contributed by atoms with van der Waals surface area (Å²) in [5.74, 6) is 1.82. The van der Waals surface area contributed by atoms with E-state index in [1.165, 1.54) is 32.7 Å². The van der Waals surface area contributed by atoms with E-state index in [1.807, 2.05) is 72.8 Å². The van der Waals surface area contributed by atoms with Crippen LogP contribution in [0.3, 0.4) is 0 Å². The zero-order chi connectivity index (χ0) is 35.6. The fourth-order valence-corrected chi connectivity index (χ4v) is 8.05. The van der Waals surface area contributed by atoms with Gasteiger partial charge in [0.15, 0.2) is 23.1 Å². The Kier molecular flexibility index (Phi) is 6.79. The molecule has 0 bridgehead atoms. The van der Waals surface area contributed by atoms with Crippen LogP contribution in [0.25, 0.3) is 105 Å². The maximum Gasteiger partial charge on any atom is 0.164 e. The van der Waals surface area contributed by atoms with Crippen LogP contribution in [-0.4, -0.2) is 19.5 Å². The zero-order valence-corrected chi connectivity index (χ0v) is 29.0. The van der Waals surface area contributed by atoms with Crippen molar-refractivity contribution >= 4 is 54.5 Å². The Morgan fingerprint density at radius 1 is 0.370 bits per heavy atom. The molecule has 3 aromatic heterocycles. The van der Waals surface area contributed by atoms with Gasteiger partial charge in [-0.3, -0.25) is 0 Å². The molecule has 0 aliphatic carbocycles. The SMILES string of the molecule is c1ccc(-c2nc(-c3ccccc3)nc(-c3ccc(-n4c5ccccc5c5c6ccccc6c(-c6ccccc6)cc54)c4oc5ccccc5c34)n2)cc1. The molecule has 0 fully saturated rings. The summed E-state index contributed by atoms with van der Waals surface area (Å²) in [5, 5.41) is 6.81. The molecule has 252 valence electrons. The Morgan fingerprint density at radius 2 is 0.907 bits per heavy atom. The monoisotopic (exact) mass is 690 g/mol. The van der Waals surface area contributed by atoms with E-state index in [0.717, 1.165) is 55.3 Å². The Balaban J connectivity index is 1.24. The van der Waals surface area contributed by atoms with Crippen molar-refractivity contribution in [1.82, 2.24) is 19.5 Å². The van der Waals surface area contributed by atoms with E-state index < -0.39 is 0 Å². The van der Waals surface area contributed by atoms with Gasteiger partial charge in [-0.05, 0) is 52.2 Å². The number of furan rings is 1. The van der Waals surface area contributed by atoms with Crippen molar-refractivity contribution in [2.75, 3.05) is 0 Å². The van der Waals surface area contributed by atoms with Crippen molar-refractivity contribution in [1.29, 1.82) is 0 Å².